The van der Waals surface area contributed by atoms with Gasteiger partial charge >= 0.3 is 42.4 Å². The topological polar surface area (TPSA) is 29.6 Å². The summed E-state index contributed by atoms with van der Waals surface area (Å²) in [7, 11) is 15.2. The van der Waals surface area contributed by atoms with Crippen molar-refractivity contribution in [1.82, 2.24) is 27.1 Å². The molecule has 3 rings (SSSR count). The van der Waals surface area contributed by atoms with Gasteiger partial charge in [0.1, 0.15) is 0 Å². The van der Waals surface area contributed by atoms with E-state index in [0.717, 1.165) is 0 Å². The number of aryl methyl sites for hydroxylation is 3. The first kappa shape index (κ1) is 20.9. The molecule has 0 bridgehead atoms. The van der Waals surface area contributed by atoms with Crippen LogP contribution >= 0.6 is 55.5 Å². The number of hydrogen-bond acceptors (Lipinski definition) is 3. The second kappa shape index (κ2) is 9.01. The van der Waals surface area contributed by atoms with Crippen LogP contribution in [0.1, 0.15) is 0 Å². The average Bonchev–Trinajstić information content (AvgIpc) is 3.19. The molecule has 138 valence electrons. The van der Waals surface area contributed by atoms with E-state index < -0.39 is 16.5 Å². The number of aromatic nitrogens is 6. The molecule has 0 radical (unpaired) electrons. The van der Waals surface area contributed by atoms with Crippen molar-refractivity contribution in [1.29, 1.82) is 0 Å². The van der Waals surface area contributed by atoms with Crippen molar-refractivity contribution in [3.8, 4) is 0 Å². The summed E-state index contributed by atoms with van der Waals surface area (Å²) in [5.41, 5.74) is 0. The van der Waals surface area contributed by atoms with Crippen molar-refractivity contribution in [2.24, 2.45) is 21.1 Å². The van der Waals surface area contributed by atoms with Gasteiger partial charge in [0, 0.05) is 58.3 Å². The minimum absolute atomic E-state index is 0.268. The van der Waals surface area contributed by atoms with E-state index in [-0.39, 0.29) is 7.12 Å². The molecule has 3 aromatic heterocycles. The predicted octanol–water partition coefficient (Wildman–Crippen LogP) is 3.60. The van der Waals surface area contributed by atoms with Gasteiger partial charge in [-0.25, -0.2) is 0 Å². The van der Waals surface area contributed by atoms with E-state index in [4.69, 9.17) is 55.5 Å². The van der Waals surface area contributed by atoms with Crippen LogP contribution in [0.5, 0.6) is 0 Å². The number of hydrogen-bond donors (Lipinski definition) is 0. The summed E-state index contributed by atoms with van der Waals surface area (Å²) in [6.45, 7) is 0. The van der Waals surface area contributed by atoms with Gasteiger partial charge in [0.15, 0.2) is 14.3 Å². The molecule has 0 atom stereocenters. The first-order chi connectivity index (χ1) is 11.8. The van der Waals surface area contributed by atoms with E-state index in [1.54, 1.807) is 0 Å². The van der Waals surface area contributed by atoms with Crippen LogP contribution in [0.3, 0.4) is 0 Å². The monoisotopic (exact) mass is 615 g/mol. The van der Waals surface area contributed by atoms with Crippen LogP contribution in [-0.2, 0) is 37.6 Å². The summed E-state index contributed by atoms with van der Waals surface area (Å²) in [5.74, 6) is 0. The maximum atomic E-state index is 5.52. The van der Waals surface area contributed by atoms with Crippen LogP contribution in [0.15, 0.2) is 37.2 Å². The molecule has 0 spiro atoms. The zero-order chi connectivity index (χ0) is 18.7. The van der Waals surface area contributed by atoms with Crippen LogP contribution < -0.4 is 0 Å². The minimum atomic E-state index is -0.472. The molecule has 3 heterocycles. The maximum absolute atomic E-state index is 5.52. The van der Waals surface area contributed by atoms with Gasteiger partial charge in [-0.2, -0.15) is 0 Å². The van der Waals surface area contributed by atoms with Gasteiger partial charge < -0.3 is 27.1 Å². The zero-order valence-electron chi connectivity index (χ0n) is 13.5. The van der Waals surface area contributed by atoms with Gasteiger partial charge in [-0.05, 0) is 36.7 Å². The molecule has 0 aliphatic carbocycles. The predicted molar refractivity (Wildman–Crippen MR) is 106 cm³/mol. The third-order valence-electron chi connectivity index (χ3n) is 3.67. The number of nitrogens with zero attached hydrogens (tertiary/aromatic N) is 6. The van der Waals surface area contributed by atoms with Gasteiger partial charge in [-0.15, -0.1) is 0 Å². The first-order valence-electron chi connectivity index (χ1n) is 6.86. The van der Waals surface area contributed by atoms with Crippen LogP contribution in [0.2, 0.25) is 0 Å². The van der Waals surface area contributed by atoms with E-state index in [2.05, 4.69) is 0 Å². The Morgan fingerprint density at radius 3 is 1.08 bits per heavy atom. The molecule has 0 amide bonds. The Morgan fingerprint density at radius 1 is 0.680 bits per heavy atom. The second-order valence-electron chi connectivity index (χ2n) is 5.19. The number of halogens is 2. The van der Waals surface area contributed by atoms with Gasteiger partial charge in [0.25, 0.3) is 0 Å². The normalized spacial score (nSPS) is 10.6. The van der Waals surface area contributed by atoms with Crippen molar-refractivity contribution in [2.75, 3.05) is 0 Å². The number of imidazole rings is 3. The van der Waals surface area contributed by atoms with Crippen molar-refractivity contribution < 1.29 is 16.5 Å². The molecule has 13 heteroatoms. The Balaban J connectivity index is 0.000000701. The third-order valence-corrected chi connectivity index (χ3v) is 5.16. The molecule has 3 aromatic rings. The summed E-state index contributed by atoms with van der Waals surface area (Å²) in [6, 6.07) is 0. The van der Waals surface area contributed by atoms with Crippen LogP contribution in [0, 0.1) is 14.3 Å². The molecule has 0 unspecified atom stereocenters. The number of rotatable bonds is 3. The fraction of sp³-hybridized carbons (Fsp3) is 0.250. The standard InChI is InChI=1S/C12H15BN6S3.2ClH.Pt/c1-14-4-7-17(10(14)20)13(18-8-5-15(2)11(18)21)19-9-6-16(3)12(19)22;;;/h4-9H,1-3H3;2*1H;/q;;;+2/p-2. The fourth-order valence-electron chi connectivity index (χ4n) is 2.37. The van der Waals surface area contributed by atoms with Crippen molar-refractivity contribution in [2.45, 2.75) is 0 Å². The van der Waals surface area contributed by atoms with E-state index in [9.17, 15) is 0 Å². The zero-order valence-corrected chi connectivity index (χ0v) is 19.8. The molecule has 0 N–H and O–H groups in total. The first-order valence-corrected chi connectivity index (χ1v) is 13.7. The molecule has 0 aliphatic rings. The summed E-state index contributed by atoms with van der Waals surface area (Å²) in [4.78, 5) is 0. The Kier molecular flexibility index (Phi) is 7.55. The Labute approximate surface area is 177 Å². The van der Waals surface area contributed by atoms with E-state index in [1.165, 1.54) is 0 Å². The van der Waals surface area contributed by atoms with Crippen molar-refractivity contribution in [3.63, 3.8) is 0 Å². The van der Waals surface area contributed by atoms with Gasteiger partial charge in [-0.3, -0.25) is 0 Å². The van der Waals surface area contributed by atoms with Gasteiger partial charge in [0.2, 0.25) is 0 Å². The molecule has 0 aromatic carbocycles. The Bertz CT molecular complexity index is 900. The van der Waals surface area contributed by atoms with E-state index in [0.29, 0.717) is 14.3 Å². The average molecular weight is 616 g/mol. The summed E-state index contributed by atoms with van der Waals surface area (Å²) >= 11 is 16.1. The van der Waals surface area contributed by atoms with E-state index >= 15 is 0 Å². The fourth-order valence-corrected chi connectivity index (χ4v) is 3.02. The third kappa shape index (κ3) is 4.31. The molecular formula is C12H15BCl2N6PtS3. The SMILES string of the molecule is Cn1ccn(B(n2ccn(C)c2=S)n2ccn(C)c2=S)c1=S.[Cl][Pt][Cl]. The van der Waals surface area contributed by atoms with Crippen LogP contribution in [-0.4, -0.2) is 34.3 Å². The summed E-state index contributed by atoms with van der Waals surface area (Å²) < 4.78 is 13.7. The van der Waals surface area contributed by atoms with Crippen molar-refractivity contribution >= 4 is 62.6 Å². The molecule has 6 nitrogen and oxygen atoms in total. The second-order valence-corrected chi connectivity index (χ2v) is 9.57. The molecule has 0 saturated heterocycles. The molecule has 0 fully saturated rings. The quantitative estimate of drug-likeness (QED) is 0.333. The van der Waals surface area contributed by atoms with Gasteiger partial charge in [0.05, 0.1) is 0 Å². The summed E-state index contributed by atoms with van der Waals surface area (Å²) in [6.07, 6.45) is 11.6. The Hall–Kier alpha value is -0.377. The van der Waals surface area contributed by atoms with Crippen LogP contribution in [0.25, 0.3) is 0 Å². The Morgan fingerprint density at radius 2 is 0.920 bits per heavy atom. The molecule has 25 heavy (non-hydrogen) atoms. The van der Waals surface area contributed by atoms with Crippen LogP contribution in [0.4, 0.5) is 0 Å². The molecule has 0 saturated carbocycles. The van der Waals surface area contributed by atoms with E-state index in [1.807, 2.05) is 85.5 Å². The van der Waals surface area contributed by atoms with Crippen molar-refractivity contribution in [3.05, 3.63) is 51.5 Å². The molecule has 0 aliphatic heterocycles. The molecular weight excluding hydrogens is 601 g/mol. The summed E-state index contributed by atoms with van der Waals surface area (Å²) in [5, 5.41) is 0. The van der Waals surface area contributed by atoms with Gasteiger partial charge in [-0.1, -0.05) is 0 Å².